The van der Waals surface area contributed by atoms with Crippen LogP contribution < -0.4 is 5.32 Å². The Morgan fingerprint density at radius 2 is 1.94 bits per heavy atom. The molecule has 1 unspecified atom stereocenters. The van der Waals surface area contributed by atoms with Crippen molar-refractivity contribution in [2.75, 3.05) is 13.7 Å². The van der Waals surface area contributed by atoms with Gasteiger partial charge in [-0.3, -0.25) is 0 Å². The minimum atomic E-state index is 0.490. The fourth-order valence-electron chi connectivity index (χ4n) is 2.50. The summed E-state index contributed by atoms with van der Waals surface area (Å²) in [6.07, 6.45) is 3.45. The number of nitrogens with one attached hydrogen (secondary N) is 1. The highest BCUT2D eigenvalue weighted by molar-refractivity contribution is 5.33. The molecule has 16 heavy (non-hydrogen) atoms. The quantitative estimate of drug-likeness (QED) is 0.819. The van der Waals surface area contributed by atoms with Gasteiger partial charge in [0.1, 0.15) is 0 Å². The Morgan fingerprint density at radius 1 is 1.31 bits per heavy atom. The van der Waals surface area contributed by atoms with E-state index in [1.165, 1.54) is 11.1 Å². The topological polar surface area (TPSA) is 21.3 Å². The van der Waals surface area contributed by atoms with Gasteiger partial charge >= 0.3 is 0 Å². The van der Waals surface area contributed by atoms with E-state index in [-0.39, 0.29) is 0 Å². The van der Waals surface area contributed by atoms with Gasteiger partial charge in [0.25, 0.3) is 0 Å². The highest BCUT2D eigenvalue weighted by Crippen LogP contribution is 2.22. The number of hydrogen-bond donors (Lipinski definition) is 1. The van der Waals surface area contributed by atoms with Gasteiger partial charge in [0.2, 0.25) is 0 Å². The molecule has 0 radical (unpaired) electrons. The molecule has 1 aromatic rings. The van der Waals surface area contributed by atoms with Crippen molar-refractivity contribution in [2.24, 2.45) is 0 Å². The van der Waals surface area contributed by atoms with Crippen molar-refractivity contribution >= 4 is 0 Å². The number of benzene rings is 1. The van der Waals surface area contributed by atoms with E-state index in [9.17, 15) is 0 Å². The van der Waals surface area contributed by atoms with Crippen LogP contribution in [0.25, 0.3) is 0 Å². The van der Waals surface area contributed by atoms with Crippen LogP contribution in [-0.2, 0) is 17.6 Å². The van der Waals surface area contributed by atoms with Crippen molar-refractivity contribution in [1.82, 2.24) is 5.32 Å². The van der Waals surface area contributed by atoms with Gasteiger partial charge in [-0.2, -0.15) is 0 Å². The smallest absolute Gasteiger partial charge is 0.0615 e. The molecular weight excluding hydrogens is 198 g/mol. The van der Waals surface area contributed by atoms with E-state index in [0.29, 0.717) is 12.1 Å². The predicted octanol–water partition coefficient (Wildman–Crippen LogP) is 2.17. The van der Waals surface area contributed by atoms with Crippen LogP contribution in [0.2, 0.25) is 0 Å². The Balaban J connectivity index is 1.91. The van der Waals surface area contributed by atoms with Crippen molar-refractivity contribution in [3.8, 4) is 0 Å². The van der Waals surface area contributed by atoms with Gasteiger partial charge in [0.15, 0.2) is 0 Å². The molecule has 1 aliphatic carbocycles. The summed E-state index contributed by atoms with van der Waals surface area (Å²) in [4.78, 5) is 0. The van der Waals surface area contributed by atoms with Gasteiger partial charge < -0.3 is 10.1 Å². The highest BCUT2D eigenvalue weighted by Gasteiger charge is 2.22. The third kappa shape index (κ3) is 2.63. The van der Waals surface area contributed by atoms with Crippen LogP contribution in [0.1, 0.15) is 24.5 Å². The molecule has 0 aliphatic heterocycles. The minimum absolute atomic E-state index is 0.490. The maximum absolute atomic E-state index is 5.22. The second kappa shape index (κ2) is 5.46. The van der Waals surface area contributed by atoms with Gasteiger partial charge in [-0.05, 0) is 30.4 Å². The van der Waals surface area contributed by atoms with Crippen LogP contribution in [-0.4, -0.2) is 25.8 Å². The molecule has 2 nitrogen and oxygen atoms in total. The lowest BCUT2D eigenvalue weighted by molar-refractivity contribution is 0.159. The average molecular weight is 219 g/mol. The fraction of sp³-hybridized carbons (Fsp3) is 0.571. The van der Waals surface area contributed by atoms with Gasteiger partial charge in [0, 0.05) is 19.2 Å². The maximum Gasteiger partial charge on any atom is 0.0615 e. The fourth-order valence-corrected chi connectivity index (χ4v) is 2.50. The van der Waals surface area contributed by atoms with E-state index in [0.717, 1.165) is 25.9 Å². The summed E-state index contributed by atoms with van der Waals surface area (Å²) < 4.78 is 5.22. The van der Waals surface area contributed by atoms with Gasteiger partial charge in [0.05, 0.1) is 6.61 Å². The summed E-state index contributed by atoms with van der Waals surface area (Å²) in [6.45, 7) is 3.02. The Bertz CT molecular complexity index is 312. The summed E-state index contributed by atoms with van der Waals surface area (Å²) in [5, 5.41) is 3.69. The number of methoxy groups -OCH3 is 1. The van der Waals surface area contributed by atoms with Crippen molar-refractivity contribution in [3.05, 3.63) is 35.4 Å². The predicted molar refractivity (Wildman–Crippen MR) is 66.7 cm³/mol. The van der Waals surface area contributed by atoms with Crippen molar-refractivity contribution in [1.29, 1.82) is 0 Å². The Labute approximate surface area is 98.0 Å². The summed E-state index contributed by atoms with van der Waals surface area (Å²) >= 11 is 0. The Kier molecular flexibility index (Phi) is 3.97. The number of fused-ring (bicyclic) bond motifs is 1. The molecule has 0 bridgehead atoms. The number of ether oxygens (including phenoxy) is 1. The molecule has 2 heteroatoms. The molecule has 0 aromatic heterocycles. The van der Waals surface area contributed by atoms with Crippen LogP contribution in [0.15, 0.2) is 24.3 Å². The average Bonchev–Trinajstić information content (AvgIpc) is 2.70. The molecule has 1 aromatic carbocycles. The zero-order valence-electron chi connectivity index (χ0n) is 10.2. The Hall–Kier alpha value is -0.860. The Morgan fingerprint density at radius 3 is 2.44 bits per heavy atom. The first-order valence-corrected chi connectivity index (χ1v) is 6.15. The molecule has 0 saturated heterocycles. The van der Waals surface area contributed by atoms with Gasteiger partial charge in [-0.1, -0.05) is 31.2 Å². The molecule has 0 saturated carbocycles. The van der Waals surface area contributed by atoms with Crippen LogP contribution in [0.5, 0.6) is 0 Å². The van der Waals surface area contributed by atoms with E-state index in [4.69, 9.17) is 4.74 Å². The third-order valence-corrected chi connectivity index (χ3v) is 3.38. The van der Waals surface area contributed by atoms with Crippen LogP contribution in [0.3, 0.4) is 0 Å². The first kappa shape index (κ1) is 11.6. The van der Waals surface area contributed by atoms with E-state index < -0.39 is 0 Å². The van der Waals surface area contributed by atoms with Gasteiger partial charge in [-0.15, -0.1) is 0 Å². The van der Waals surface area contributed by atoms with E-state index in [2.05, 4.69) is 36.5 Å². The SMILES string of the molecule is CCC(COC)NC1Cc2ccccc2C1. The monoisotopic (exact) mass is 219 g/mol. The molecular formula is C14H21NO. The zero-order valence-corrected chi connectivity index (χ0v) is 10.2. The molecule has 0 amide bonds. The summed E-state index contributed by atoms with van der Waals surface area (Å²) in [5.74, 6) is 0. The summed E-state index contributed by atoms with van der Waals surface area (Å²) in [5.41, 5.74) is 3.01. The normalized spacial score (nSPS) is 17.4. The second-order valence-electron chi connectivity index (χ2n) is 4.60. The molecule has 1 N–H and O–H groups in total. The molecule has 1 atom stereocenters. The standard InChI is InChI=1S/C14H21NO/c1-3-13(10-16-2)15-14-8-11-6-4-5-7-12(11)9-14/h4-7,13-15H,3,8-10H2,1-2H3. The van der Waals surface area contributed by atoms with E-state index >= 15 is 0 Å². The lowest BCUT2D eigenvalue weighted by atomic mass is 10.1. The highest BCUT2D eigenvalue weighted by atomic mass is 16.5. The van der Waals surface area contributed by atoms with Gasteiger partial charge in [-0.25, -0.2) is 0 Å². The lowest BCUT2D eigenvalue weighted by Crippen LogP contribution is -2.41. The van der Waals surface area contributed by atoms with Crippen LogP contribution >= 0.6 is 0 Å². The van der Waals surface area contributed by atoms with Crippen molar-refractivity contribution in [3.63, 3.8) is 0 Å². The first-order valence-electron chi connectivity index (χ1n) is 6.15. The molecule has 0 heterocycles. The van der Waals surface area contributed by atoms with E-state index in [1.54, 1.807) is 7.11 Å². The van der Waals surface area contributed by atoms with Crippen LogP contribution in [0, 0.1) is 0 Å². The molecule has 1 aliphatic rings. The molecule has 0 fully saturated rings. The molecule has 2 rings (SSSR count). The molecule has 88 valence electrons. The summed E-state index contributed by atoms with van der Waals surface area (Å²) in [7, 11) is 1.77. The maximum atomic E-state index is 5.22. The van der Waals surface area contributed by atoms with Crippen molar-refractivity contribution in [2.45, 2.75) is 38.3 Å². The summed E-state index contributed by atoms with van der Waals surface area (Å²) in [6, 6.07) is 9.84. The molecule has 0 spiro atoms. The second-order valence-corrected chi connectivity index (χ2v) is 4.60. The first-order chi connectivity index (χ1) is 7.83. The largest absolute Gasteiger partial charge is 0.383 e. The van der Waals surface area contributed by atoms with E-state index in [1.807, 2.05) is 0 Å². The lowest BCUT2D eigenvalue weighted by Gasteiger charge is -2.20. The van der Waals surface area contributed by atoms with Crippen molar-refractivity contribution < 1.29 is 4.74 Å². The van der Waals surface area contributed by atoms with Crippen LogP contribution in [0.4, 0.5) is 0 Å². The third-order valence-electron chi connectivity index (χ3n) is 3.38. The number of rotatable bonds is 5. The number of hydrogen-bond acceptors (Lipinski definition) is 2. The minimum Gasteiger partial charge on any atom is -0.383 e. The zero-order chi connectivity index (χ0) is 11.4.